The van der Waals surface area contributed by atoms with Crippen LogP contribution in [0.25, 0.3) is 0 Å². The predicted octanol–water partition coefficient (Wildman–Crippen LogP) is 15.7. The summed E-state index contributed by atoms with van der Waals surface area (Å²) in [5.41, 5.74) is 2.62. The lowest BCUT2D eigenvalue weighted by Crippen LogP contribution is -2.29. The molecule has 0 aliphatic heterocycles. The van der Waals surface area contributed by atoms with E-state index in [4.69, 9.17) is 14.2 Å². The molecule has 0 saturated heterocycles. The van der Waals surface area contributed by atoms with Gasteiger partial charge in [-0.25, -0.2) is 0 Å². The number of carbonyl (C=O) groups is 3. The van der Waals surface area contributed by atoms with Crippen molar-refractivity contribution in [1.82, 2.24) is 4.90 Å². The topological polar surface area (TPSA) is 102 Å². The molecule has 0 amide bonds. The molecule has 0 fully saturated rings. The van der Waals surface area contributed by atoms with Crippen LogP contribution in [0.1, 0.15) is 231 Å². The SMILES string of the molecule is CCCCCCCCCOC(=O)CCCCCCCN(CCO)CCCCCCCC(=O)Oc1ccc(CCCCC)cc1.CCCCCc1ccc(OC(=O)CCCCCCCBr)cc1. The maximum absolute atomic E-state index is 12.2. The zero-order valence-corrected chi connectivity index (χ0v) is 44.0. The first-order chi connectivity index (χ1) is 32.3. The van der Waals surface area contributed by atoms with Gasteiger partial charge in [0.05, 0.1) is 13.2 Å². The van der Waals surface area contributed by atoms with Crippen LogP contribution in [0.2, 0.25) is 0 Å². The number of hydrogen-bond acceptors (Lipinski definition) is 8. The van der Waals surface area contributed by atoms with E-state index >= 15 is 0 Å². The number of carbonyl (C=O) groups excluding carboxylic acids is 3. The average molecular weight is 987 g/mol. The predicted molar refractivity (Wildman–Crippen MR) is 280 cm³/mol. The molecule has 378 valence electrons. The van der Waals surface area contributed by atoms with Crippen LogP contribution in [0.15, 0.2) is 48.5 Å². The van der Waals surface area contributed by atoms with Crippen molar-refractivity contribution in [3.05, 3.63) is 59.7 Å². The van der Waals surface area contributed by atoms with Crippen LogP contribution >= 0.6 is 15.9 Å². The summed E-state index contributed by atoms with van der Waals surface area (Å²) >= 11 is 3.43. The lowest BCUT2D eigenvalue weighted by Gasteiger charge is -2.21. The molecule has 0 unspecified atom stereocenters. The smallest absolute Gasteiger partial charge is 0.311 e. The summed E-state index contributed by atoms with van der Waals surface area (Å²) in [5.74, 6) is 1.02. The van der Waals surface area contributed by atoms with Crippen molar-refractivity contribution in [3.8, 4) is 11.5 Å². The van der Waals surface area contributed by atoms with Gasteiger partial charge in [-0.15, -0.1) is 0 Å². The molecule has 0 bridgehead atoms. The Labute approximate surface area is 412 Å². The lowest BCUT2D eigenvalue weighted by molar-refractivity contribution is -0.144. The summed E-state index contributed by atoms with van der Waals surface area (Å²) in [6, 6.07) is 15.9. The molecule has 2 aromatic carbocycles. The van der Waals surface area contributed by atoms with Crippen LogP contribution < -0.4 is 9.47 Å². The molecule has 9 heteroatoms. The Kier molecular flexibility index (Phi) is 42.7. The summed E-state index contributed by atoms with van der Waals surface area (Å²) in [7, 11) is 0. The van der Waals surface area contributed by atoms with E-state index in [1.807, 2.05) is 24.3 Å². The van der Waals surface area contributed by atoms with Crippen molar-refractivity contribution in [3.63, 3.8) is 0 Å². The molecule has 1 N–H and O–H groups in total. The molecule has 0 saturated carbocycles. The first-order valence-corrected chi connectivity index (χ1v) is 28.1. The van der Waals surface area contributed by atoms with Gasteiger partial charge in [0.1, 0.15) is 11.5 Å². The van der Waals surface area contributed by atoms with Gasteiger partial charge < -0.3 is 24.2 Å². The quantitative estimate of drug-likeness (QED) is 0.0303. The Morgan fingerprint density at radius 3 is 1.23 bits per heavy atom. The van der Waals surface area contributed by atoms with E-state index in [0.29, 0.717) is 37.4 Å². The van der Waals surface area contributed by atoms with Gasteiger partial charge >= 0.3 is 17.9 Å². The molecule has 2 rings (SSSR count). The second kappa shape index (κ2) is 46.0. The highest BCUT2D eigenvalue weighted by molar-refractivity contribution is 9.09. The van der Waals surface area contributed by atoms with Gasteiger partial charge in [-0.3, -0.25) is 14.4 Å². The van der Waals surface area contributed by atoms with E-state index in [0.717, 1.165) is 128 Å². The third kappa shape index (κ3) is 38.2. The van der Waals surface area contributed by atoms with Crippen LogP contribution in [0.4, 0.5) is 0 Å². The normalized spacial score (nSPS) is 11.1. The third-order valence-electron chi connectivity index (χ3n) is 12.1. The minimum atomic E-state index is -0.142. The Bertz CT molecular complexity index is 1400. The highest BCUT2D eigenvalue weighted by Gasteiger charge is 2.09. The van der Waals surface area contributed by atoms with Crippen LogP contribution in [-0.4, -0.2) is 66.1 Å². The molecule has 8 nitrogen and oxygen atoms in total. The molecular weight excluding hydrogens is 891 g/mol. The molecule has 0 heterocycles. The van der Waals surface area contributed by atoms with Gasteiger partial charge in [-0.2, -0.15) is 0 Å². The standard InChI is InChI=1S/C38H67NO5.C19H29BrO2/c1-3-5-7-8-9-16-22-34-43-37(41)24-18-12-10-14-20-30-39(32-33-40)31-21-15-11-13-19-25-38(42)44-36-28-26-35(27-29-36)23-17-6-4-2;1-2-3-7-10-17-12-14-18(15-13-17)22-19(21)11-8-5-4-6-9-16-20/h26-29,40H,3-25,30-34H2,1-2H3;12-15H,2-11,16H2,1H3. The number of ether oxygens (including phenoxy) is 3. The number of benzene rings is 2. The number of aliphatic hydroxyl groups is 1. The lowest BCUT2D eigenvalue weighted by atomic mass is 10.1. The van der Waals surface area contributed by atoms with Gasteiger partial charge in [0.15, 0.2) is 0 Å². The number of halogens is 1. The molecule has 0 aromatic heterocycles. The first-order valence-electron chi connectivity index (χ1n) is 27.0. The number of esters is 3. The maximum Gasteiger partial charge on any atom is 0.311 e. The monoisotopic (exact) mass is 986 g/mol. The number of aliphatic hydroxyl groups excluding tert-OH is 1. The van der Waals surface area contributed by atoms with E-state index in [1.54, 1.807) is 0 Å². The number of aryl methyl sites for hydroxylation is 2. The molecule has 2 aromatic rings. The fourth-order valence-corrected chi connectivity index (χ4v) is 8.33. The number of nitrogens with zero attached hydrogens (tertiary/aromatic N) is 1. The van der Waals surface area contributed by atoms with Crippen molar-refractivity contribution in [2.24, 2.45) is 0 Å². The van der Waals surface area contributed by atoms with Crippen molar-refractivity contribution in [2.45, 2.75) is 233 Å². The Balaban J connectivity index is 0.000000825. The van der Waals surface area contributed by atoms with Gasteiger partial charge in [0.2, 0.25) is 0 Å². The average Bonchev–Trinajstić information content (AvgIpc) is 3.31. The zero-order chi connectivity index (χ0) is 48.0. The van der Waals surface area contributed by atoms with Gasteiger partial charge in [0, 0.05) is 31.1 Å². The van der Waals surface area contributed by atoms with E-state index in [1.165, 1.54) is 101 Å². The largest absolute Gasteiger partial charge is 0.466 e. The van der Waals surface area contributed by atoms with Gasteiger partial charge in [-0.05, 0) is 119 Å². The summed E-state index contributed by atoms with van der Waals surface area (Å²) in [6.07, 6.45) is 36.2. The van der Waals surface area contributed by atoms with E-state index < -0.39 is 0 Å². The Hall–Kier alpha value is -2.75. The highest BCUT2D eigenvalue weighted by atomic mass is 79.9. The second-order valence-corrected chi connectivity index (χ2v) is 19.1. The second-order valence-electron chi connectivity index (χ2n) is 18.3. The van der Waals surface area contributed by atoms with Crippen LogP contribution in [0.3, 0.4) is 0 Å². The summed E-state index contributed by atoms with van der Waals surface area (Å²) < 4.78 is 16.3. The number of alkyl halides is 1. The third-order valence-corrected chi connectivity index (χ3v) is 12.7. The minimum absolute atomic E-state index is 0.0383. The molecule has 0 aliphatic rings. The summed E-state index contributed by atoms with van der Waals surface area (Å²) in [6.45, 7) is 10.2. The number of hydrogen-bond donors (Lipinski definition) is 1. The molecule has 0 aliphatic carbocycles. The first kappa shape index (κ1) is 61.3. The van der Waals surface area contributed by atoms with Crippen molar-refractivity contribution in [1.29, 1.82) is 0 Å². The van der Waals surface area contributed by atoms with Crippen LogP contribution in [0, 0.1) is 0 Å². The fourth-order valence-electron chi connectivity index (χ4n) is 7.93. The van der Waals surface area contributed by atoms with Crippen molar-refractivity contribution in [2.75, 3.05) is 38.2 Å². The van der Waals surface area contributed by atoms with Crippen LogP contribution in [0.5, 0.6) is 11.5 Å². The van der Waals surface area contributed by atoms with Crippen molar-refractivity contribution < 1.29 is 33.7 Å². The molecule has 0 radical (unpaired) electrons. The van der Waals surface area contributed by atoms with Crippen LogP contribution in [-0.2, 0) is 32.0 Å². The van der Waals surface area contributed by atoms with E-state index in [9.17, 15) is 19.5 Å². The molecule has 0 atom stereocenters. The molecule has 66 heavy (non-hydrogen) atoms. The Morgan fingerprint density at radius 1 is 0.439 bits per heavy atom. The highest BCUT2D eigenvalue weighted by Crippen LogP contribution is 2.18. The maximum atomic E-state index is 12.2. The Morgan fingerprint density at radius 2 is 0.803 bits per heavy atom. The number of unbranched alkanes of at least 4 members (excludes halogenated alkanes) is 22. The zero-order valence-electron chi connectivity index (χ0n) is 42.4. The van der Waals surface area contributed by atoms with E-state index in [-0.39, 0.29) is 24.5 Å². The van der Waals surface area contributed by atoms with Gasteiger partial charge in [0.25, 0.3) is 0 Å². The number of rotatable bonds is 43. The van der Waals surface area contributed by atoms with Gasteiger partial charge in [-0.1, -0.05) is 183 Å². The van der Waals surface area contributed by atoms with E-state index in [2.05, 4.69) is 65.9 Å². The minimum Gasteiger partial charge on any atom is -0.466 e. The fraction of sp³-hybridized carbons (Fsp3) is 0.737. The summed E-state index contributed by atoms with van der Waals surface area (Å²) in [4.78, 5) is 38.2. The molecular formula is C57H96BrNO7. The molecule has 0 spiro atoms. The van der Waals surface area contributed by atoms with Crippen molar-refractivity contribution >= 4 is 33.8 Å². The summed E-state index contributed by atoms with van der Waals surface area (Å²) in [5, 5.41) is 10.5.